The number of fused-ring (bicyclic) bond motifs is 6. The fraction of sp³-hybridized carbons (Fsp3) is 0.100. The number of rotatable bonds is 5. The second-order valence-corrected chi connectivity index (χ2v) is 23.5. The molecule has 0 amide bonds. The molecule has 0 saturated carbocycles. The molecule has 3 aliphatic heterocycles. The molecule has 67 heavy (non-hydrogen) atoms. The predicted molar refractivity (Wildman–Crippen MR) is 276 cm³/mol. The molecule has 3 heterocycles. The molecule has 5 nitrogen and oxygen atoms in total. The van der Waals surface area contributed by atoms with Crippen molar-refractivity contribution in [2.45, 2.75) is 48.3 Å². The highest BCUT2D eigenvalue weighted by Gasteiger charge is 2.45. The Kier molecular flexibility index (Phi) is 9.16. The van der Waals surface area contributed by atoms with Gasteiger partial charge in [-0.2, -0.15) is 0 Å². The van der Waals surface area contributed by atoms with Gasteiger partial charge in [-0.05, 0) is 117 Å². The van der Waals surface area contributed by atoms with E-state index in [1.807, 2.05) is 66.7 Å². The Balaban J connectivity index is 0.935. The van der Waals surface area contributed by atoms with Gasteiger partial charge >= 0.3 is 0 Å². The lowest BCUT2D eigenvalue weighted by Gasteiger charge is -2.42. The largest absolute Gasteiger partial charge is 0.310 e. The van der Waals surface area contributed by atoms with E-state index >= 15 is 13.0 Å². The molecule has 7 heteroatoms. The second-order valence-electron chi connectivity index (χ2n) is 18.9. The quantitative estimate of drug-likeness (QED) is 0.161. The second kappa shape index (κ2) is 14.9. The Morgan fingerprint density at radius 2 is 0.687 bits per heavy atom. The molecule has 0 saturated heterocycles. The predicted octanol–water partition coefficient (Wildman–Crippen LogP) is 14.0. The van der Waals surface area contributed by atoms with Crippen molar-refractivity contribution < 1.29 is 13.0 Å². The van der Waals surface area contributed by atoms with Crippen molar-refractivity contribution in [2.24, 2.45) is 0 Å². The van der Waals surface area contributed by atoms with Crippen molar-refractivity contribution in [1.29, 1.82) is 0 Å². The Morgan fingerprint density at radius 3 is 1.04 bits per heavy atom. The number of benzene rings is 9. The van der Waals surface area contributed by atoms with Crippen LogP contribution in [-0.4, -0.2) is 8.42 Å². The van der Waals surface area contributed by atoms with Crippen molar-refractivity contribution in [2.75, 3.05) is 9.80 Å². The van der Waals surface area contributed by atoms with Crippen LogP contribution >= 0.6 is 7.14 Å². The van der Waals surface area contributed by atoms with Gasteiger partial charge in [-0.1, -0.05) is 167 Å². The third-order valence-corrected chi connectivity index (χ3v) is 19.8. The van der Waals surface area contributed by atoms with E-state index in [9.17, 15) is 0 Å². The Labute approximate surface area is 392 Å². The molecular weight excluding hydrogens is 860 g/mol. The Hall–Kier alpha value is -7.24. The van der Waals surface area contributed by atoms with Gasteiger partial charge < -0.3 is 14.4 Å². The minimum atomic E-state index is -4.14. The highest BCUT2D eigenvalue weighted by Crippen LogP contribution is 2.55. The molecule has 0 aliphatic carbocycles. The number of nitrogens with zero attached hydrogens (tertiary/aromatic N) is 2. The summed E-state index contributed by atoms with van der Waals surface area (Å²) in [4.78, 5) is 4.77. The minimum Gasteiger partial charge on any atom is -0.310 e. The van der Waals surface area contributed by atoms with Gasteiger partial charge in [0.1, 0.15) is 0 Å². The van der Waals surface area contributed by atoms with Crippen LogP contribution in [0.1, 0.15) is 49.9 Å². The van der Waals surface area contributed by atoms with E-state index in [0.717, 1.165) is 56.4 Å². The van der Waals surface area contributed by atoms with Crippen LogP contribution in [0, 0.1) is 0 Å². The van der Waals surface area contributed by atoms with E-state index in [1.54, 1.807) is 24.3 Å². The highest BCUT2D eigenvalue weighted by atomic mass is 32.2. The van der Waals surface area contributed by atoms with E-state index in [-0.39, 0.29) is 20.6 Å². The number of hydrogen-bond donors (Lipinski definition) is 0. The van der Waals surface area contributed by atoms with E-state index in [2.05, 4.69) is 159 Å². The summed E-state index contributed by atoms with van der Waals surface area (Å²) in [7, 11) is -7.78. The number of hydrogen-bond acceptors (Lipinski definition) is 5. The molecule has 0 bridgehead atoms. The molecule has 0 radical (unpaired) electrons. The van der Waals surface area contributed by atoms with E-state index in [0.29, 0.717) is 15.9 Å². The van der Waals surface area contributed by atoms with Gasteiger partial charge in [0, 0.05) is 38.1 Å². The van der Waals surface area contributed by atoms with Gasteiger partial charge in [0.15, 0.2) is 7.14 Å². The smallest absolute Gasteiger partial charge is 0.208 e. The van der Waals surface area contributed by atoms with E-state index in [1.165, 1.54) is 22.3 Å². The lowest BCUT2D eigenvalue weighted by Crippen LogP contribution is -2.36. The summed E-state index contributed by atoms with van der Waals surface area (Å²) in [6, 6.07) is 71.0. The van der Waals surface area contributed by atoms with Gasteiger partial charge in [-0.15, -0.1) is 0 Å². The summed E-state index contributed by atoms with van der Waals surface area (Å²) in [5.41, 5.74) is 14.4. The summed E-state index contributed by atoms with van der Waals surface area (Å²) < 4.78 is 46.2. The van der Waals surface area contributed by atoms with Crippen LogP contribution in [0.15, 0.2) is 222 Å². The topological polar surface area (TPSA) is 57.7 Å². The van der Waals surface area contributed by atoms with Gasteiger partial charge in [-0.3, -0.25) is 0 Å². The first-order valence-corrected chi connectivity index (χ1v) is 26.0. The van der Waals surface area contributed by atoms with E-state index in [4.69, 9.17) is 0 Å². The minimum absolute atomic E-state index is 0.0766. The highest BCUT2D eigenvalue weighted by molar-refractivity contribution is 7.96. The van der Waals surface area contributed by atoms with Crippen molar-refractivity contribution in [1.82, 2.24) is 0 Å². The van der Waals surface area contributed by atoms with Crippen LogP contribution in [-0.2, 0) is 25.2 Å². The molecule has 0 atom stereocenters. The Morgan fingerprint density at radius 1 is 0.373 bits per heavy atom. The van der Waals surface area contributed by atoms with Crippen LogP contribution < -0.4 is 25.7 Å². The molecule has 0 unspecified atom stereocenters. The van der Waals surface area contributed by atoms with Crippen molar-refractivity contribution in [3.05, 3.63) is 235 Å². The molecular formula is C60H47N2O3PS. The summed E-state index contributed by atoms with van der Waals surface area (Å²) in [6.45, 7) is 9.10. The molecule has 0 aromatic heterocycles. The van der Waals surface area contributed by atoms with Crippen LogP contribution in [0.3, 0.4) is 0 Å². The summed E-state index contributed by atoms with van der Waals surface area (Å²) >= 11 is 0. The van der Waals surface area contributed by atoms with Crippen LogP contribution in [0.25, 0.3) is 22.3 Å². The number of sulfone groups is 1. The zero-order chi connectivity index (χ0) is 45.9. The fourth-order valence-corrected chi connectivity index (χ4v) is 16.7. The number of para-hydroxylation sites is 4. The van der Waals surface area contributed by atoms with Crippen molar-refractivity contribution in [3.8, 4) is 22.3 Å². The molecule has 0 fully saturated rings. The average Bonchev–Trinajstić information content (AvgIpc) is 3.36. The summed E-state index contributed by atoms with van der Waals surface area (Å²) in [5.74, 6) is 0. The molecule has 326 valence electrons. The zero-order valence-electron chi connectivity index (χ0n) is 37.7. The SMILES string of the molecule is CC1(C)c2ccccc2N(c2ccc(-c3ccc4c(c3)S(=O)(=O)c3cc(-c5ccc(N6c7ccccc7C(C)(C)c7ccccc76)cc5)ccc3P4(=O)c3ccccc3)cc2)c2ccccc21. The third kappa shape index (κ3) is 6.06. The summed E-state index contributed by atoms with van der Waals surface area (Å²) in [6.07, 6.45) is 0. The van der Waals surface area contributed by atoms with Crippen molar-refractivity contribution >= 4 is 67.0 Å². The third-order valence-electron chi connectivity index (χ3n) is 14.5. The zero-order valence-corrected chi connectivity index (χ0v) is 39.4. The van der Waals surface area contributed by atoms with Crippen LogP contribution in [0.5, 0.6) is 0 Å². The molecule has 9 aromatic carbocycles. The normalized spacial score (nSPS) is 16.4. The lowest BCUT2D eigenvalue weighted by atomic mass is 9.73. The van der Waals surface area contributed by atoms with Crippen LogP contribution in [0.4, 0.5) is 34.1 Å². The van der Waals surface area contributed by atoms with E-state index < -0.39 is 17.0 Å². The molecule has 0 spiro atoms. The Bertz CT molecular complexity index is 3330. The molecule has 0 N–H and O–H groups in total. The first-order chi connectivity index (χ1) is 32.4. The first-order valence-electron chi connectivity index (χ1n) is 22.8. The van der Waals surface area contributed by atoms with Gasteiger partial charge in [-0.25, -0.2) is 8.42 Å². The summed E-state index contributed by atoms with van der Waals surface area (Å²) in [5, 5.41) is 1.26. The van der Waals surface area contributed by atoms with Crippen LogP contribution in [0.2, 0.25) is 0 Å². The molecule has 12 rings (SSSR count). The van der Waals surface area contributed by atoms with Gasteiger partial charge in [0.2, 0.25) is 9.84 Å². The maximum absolute atomic E-state index is 15.9. The van der Waals surface area contributed by atoms with Gasteiger partial charge in [0.05, 0.1) is 32.5 Å². The average molecular weight is 907 g/mol. The van der Waals surface area contributed by atoms with Crippen molar-refractivity contribution in [3.63, 3.8) is 0 Å². The fourth-order valence-electron chi connectivity index (χ4n) is 11.0. The lowest BCUT2D eigenvalue weighted by molar-refractivity contribution is 0.585. The standard InChI is InChI=1S/C60H47N2O3PS/c1-59(2)47-18-8-12-22-51(47)61(52-23-13-9-19-48(52)59)44-32-26-40(27-33-44)42-30-36-55-57(38-42)67(64,65)58-39-43(31-37-56(58)66(55,63)46-16-6-5-7-17-46)41-28-34-45(35-29-41)62-53-24-14-10-20-49(53)60(3,4)50-21-11-15-25-54(50)62/h5-39H,1-4H3. The van der Waals surface area contributed by atoms with Gasteiger partial charge in [0.25, 0.3) is 0 Å². The maximum atomic E-state index is 15.9. The maximum Gasteiger partial charge on any atom is 0.208 e. The molecule has 3 aliphatic rings. The number of anilines is 6. The monoisotopic (exact) mass is 906 g/mol. The first kappa shape index (κ1) is 41.2. The molecule has 9 aromatic rings.